The first-order valence-corrected chi connectivity index (χ1v) is 10.7. The highest BCUT2D eigenvalue weighted by Crippen LogP contribution is 2.16. The number of hydrogen-bond donors (Lipinski definition) is 0. The Kier molecular flexibility index (Phi) is 5.46. The van der Waals surface area contributed by atoms with Gasteiger partial charge in [-0.25, -0.2) is 4.98 Å². The van der Waals surface area contributed by atoms with Gasteiger partial charge in [0.15, 0.2) is 5.49 Å². The van der Waals surface area contributed by atoms with E-state index in [1.165, 1.54) is 45.6 Å². The maximum Gasteiger partial charge on any atom is 0.279 e. The summed E-state index contributed by atoms with van der Waals surface area (Å²) in [4.78, 5) is 45.6. The molecule has 0 saturated carbocycles. The molecule has 1 amide bonds. The predicted octanol–water partition coefficient (Wildman–Crippen LogP) is 3.12. The number of aryl methyl sites for hydroxylation is 1. The van der Waals surface area contributed by atoms with E-state index in [-0.39, 0.29) is 45.4 Å². The highest BCUT2D eigenvalue weighted by Gasteiger charge is 2.17. The van der Waals surface area contributed by atoms with Gasteiger partial charge in [-0.2, -0.15) is 10.3 Å². The molecule has 0 saturated heterocycles. The van der Waals surface area contributed by atoms with E-state index in [0.29, 0.717) is 11.4 Å². The van der Waals surface area contributed by atoms with Crippen molar-refractivity contribution >= 4 is 28.3 Å². The lowest BCUT2D eigenvalue weighted by Crippen LogP contribution is -2.30. The number of nitriles is 1. The zero-order chi connectivity index (χ0) is 25.4. The number of carbonyl (C=O) groups is 1. The molecular weight excluding hydrogens is 464 g/mol. The minimum absolute atomic E-state index is 0.0178. The van der Waals surface area contributed by atoms with Crippen molar-refractivity contribution in [3.8, 4) is 6.07 Å². The molecule has 4 heterocycles. The van der Waals surface area contributed by atoms with Gasteiger partial charge in [0.05, 0.1) is 28.7 Å². The second-order valence-electron chi connectivity index (χ2n) is 7.92. The number of amides is 1. The molecule has 0 spiro atoms. The molecule has 1 aromatic carbocycles. The Bertz CT molecular complexity index is 1840. The Labute approximate surface area is 202 Å². The first-order chi connectivity index (χ1) is 17.4. The van der Waals surface area contributed by atoms with E-state index in [4.69, 9.17) is 9.40 Å². The van der Waals surface area contributed by atoms with Crippen LogP contribution in [0, 0.1) is 28.4 Å². The van der Waals surface area contributed by atoms with Crippen molar-refractivity contribution < 1.29 is 14.1 Å². The molecule has 0 radical (unpaired) electrons. The third kappa shape index (κ3) is 3.82. The highest BCUT2D eigenvalue weighted by atomic mass is 16.6. The van der Waals surface area contributed by atoms with Crippen molar-refractivity contribution in [2.75, 3.05) is 0 Å². The van der Waals surface area contributed by atoms with Crippen molar-refractivity contribution in [2.45, 2.75) is 13.5 Å². The Morgan fingerprint density at radius 3 is 2.64 bits per heavy atom. The average molecular weight is 480 g/mol. The lowest BCUT2D eigenvalue weighted by atomic mass is 10.2. The molecule has 11 heteroatoms. The molecule has 5 aromatic rings. The van der Waals surface area contributed by atoms with E-state index in [1.54, 1.807) is 24.4 Å². The number of nitrogens with zero attached hydrogens (tertiary/aromatic N) is 6. The van der Waals surface area contributed by atoms with Crippen LogP contribution < -0.4 is 11.0 Å². The number of pyridine rings is 2. The Morgan fingerprint density at radius 1 is 1.19 bits per heavy atom. The Hall–Kier alpha value is -5.37. The standard InChI is InChI=1S/C25H16N6O5/c1-15-4-2-10-29-21(15)27-23-20(25(29)33)12-17(13-26)22(30(23)14-19-5-3-11-36-19)28-24(32)16-6-8-18(9-7-16)31(34)35/h2-12H,14H2,1H3. The van der Waals surface area contributed by atoms with Gasteiger partial charge in [-0.3, -0.25) is 24.1 Å². The van der Waals surface area contributed by atoms with Gasteiger partial charge >= 0.3 is 0 Å². The van der Waals surface area contributed by atoms with Crippen LogP contribution in [0.1, 0.15) is 27.2 Å². The Morgan fingerprint density at radius 2 is 1.97 bits per heavy atom. The van der Waals surface area contributed by atoms with Gasteiger partial charge in [0.2, 0.25) is 0 Å². The Balaban J connectivity index is 1.83. The van der Waals surface area contributed by atoms with Gasteiger partial charge < -0.3 is 8.98 Å². The number of nitro groups is 1. The van der Waals surface area contributed by atoms with E-state index in [2.05, 4.69) is 4.99 Å². The van der Waals surface area contributed by atoms with Crippen LogP contribution in [-0.2, 0) is 6.54 Å². The molecular formula is C25H16N6O5. The van der Waals surface area contributed by atoms with Crippen LogP contribution in [0.2, 0.25) is 0 Å². The maximum atomic E-state index is 13.3. The van der Waals surface area contributed by atoms with Gasteiger partial charge in [0, 0.05) is 23.9 Å². The van der Waals surface area contributed by atoms with Crippen LogP contribution in [-0.4, -0.2) is 24.8 Å². The van der Waals surface area contributed by atoms with Crippen LogP contribution in [0.25, 0.3) is 16.7 Å². The van der Waals surface area contributed by atoms with Gasteiger partial charge in [-0.1, -0.05) is 6.07 Å². The van der Waals surface area contributed by atoms with E-state index < -0.39 is 10.8 Å². The summed E-state index contributed by atoms with van der Waals surface area (Å²) in [7, 11) is 0. The average Bonchev–Trinajstić information content (AvgIpc) is 3.39. The molecule has 0 fully saturated rings. The molecule has 11 nitrogen and oxygen atoms in total. The molecule has 0 aliphatic heterocycles. The molecule has 0 bridgehead atoms. The van der Waals surface area contributed by atoms with Gasteiger partial charge in [0.1, 0.15) is 23.1 Å². The summed E-state index contributed by atoms with van der Waals surface area (Å²) < 4.78 is 8.36. The number of benzene rings is 1. The minimum atomic E-state index is -0.720. The summed E-state index contributed by atoms with van der Waals surface area (Å²) in [5.74, 6) is -0.231. The zero-order valence-corrected chi connectivity index (χ0v) is 18.8. The van der Waals surface area contributed by atoms with Crippen molar-refractivity contribution in [3.63, 3.8) is 0 Å². The van der Waals surface area contributed by atoms with Crippen molar-refractivity contribution in [3.05, 3.63) is 115 Å². The zero-order valence-electron chi connectivity index (χ0n) is 18.8. The van der Waals surface area contributed by atoms with E-state index in [1.807, 2.05) is 19.1 Å². The van der Waals surface area contributed by atoms with Crippen molar-refractivity contribution in [2.24, 2.45) is 4.99 Å². The predicted molar refractivity (Wildman–Crippen MR) is 127 cm³/mol. The van der Waals surface area contributed by atoms with Crippen LogP contribution in [0.5, 0.6) is 0 Å². The number of carbonyl (C=O) groups excluding carboxylic acids is 1. The summed E-state index contributed by atoms with van der Waals surface area (Å²) in [5.41, 5.74) is 0.902. The van der Waals surface area contributed by atoms with Gasteiger partial charge in [-0.15, -0.1) is 0 Å². The van der Waals surface area contributed by atoms with Crippen LogP contribution in [0.15, 0.2) is 81.3 Å². The third-order valence-corrected chi connectivity index (χ3v) is 5.65. The summed E-state index contributed by atoms with van der Waals surface area (Å²) in [6.45, 7) is 1.86. The fourth-order valence-electron chi connectivity index (χ4n) is 3.88. The number of nitro benzene ring substituents is 1. The SMILES string of the molecule is Cc1cccn2c(=O)c3cc(C#N)c(=NC(=O)c4ccc([N+](=O)[O-])cc4)n(Cc4ccco4)c3nc12. The normalized spacial score (nSPS) is 11.6. The second-order valence-corrected chi connectivity index (χ2v) is 7.92. The quantitative estimate of drug-likeness (QED) is 0.218. The first kappa shape index (κ1) is 22.4. The largest absolute Gasteiger partial charge is 0.467 e. The van der Waals surface area contributed by atoms with Gasteiger partial charge in [-0.05, 0) is 48.9 Å². The van der Waals surface area contributed by atoms with E-state index in [9.17, 15) is 25.0 Å². The molecule has 176 valence electrons. The fourth-order valence-corrected chi connectivity index (χ4v) is 3.88. The van der Waals surface area contributed by atoms with Gasteiger partial charge in [0.25, 0.3) is 17.2 Å². The first-order valence-electron chi connectivity index (χ1n) is 10.7. The highest BCUT2D eigenvalue weighted by molar-refractivity contribution is 5.95. The van der Waals surface area contributed by atoms with Crippen LogP contribution in [0.4, 0.5) is 5.69 Å². The number of fused-ring (bicyclic) bond motifs is 2. The number of non-ortho nitro benzene ring substituents is 1. The smallest absolute Gasteiger partial charge is 0.279 e. The summed E-state index contributed by atoms with van der Waals surface area (Å²) in [6, 6.07) is 15.3. The topological polar surface area (TPSA) is 149 Å². The lowest BCUT2D eigenvalue weighted by Gasteiger charge is -2.13. The molecule has 0 aliphatic rings. The summed E-state index contributed by atoms with van der Waals surface area (Å²) >= 11 is 0. The van der Waals surface area contributed by atoms with Crippen molar-refractivity contribution in [1.29, 1.82) is 5.26 Å². The summed E-state index contributed by atoms with van der Waals surface area (Å²) in [6.07, 6.45) is 3.07. The van der Waals surface area contributed by atoms with Crippen LogP contribution >= 0.6 is 0 Å². The number of aromatic nitrogens is 3. The van der Waals surface area contributed by atoms with E-state index in [0.717, 1.165) is 5.56 Å². The number of rotatable bonds is 4. The monoisotopic (exact) mass is 480 g/mol. The fraction of sp³-hybridized carbons (Fsp3) is 0.0800. The number of hydrogen-bond acceptors (Lipinski definition) is 7. The second kappa shape index (κ2) is 8.77. The maximum absolute atomic E-state index is 13.3. The van der Waals surface area contributed by atoms with E-state index >= 15 is 0 Å². The van der Waals surface area contributed by atoms with Crippen LogP contribution in [0.3, 0.4) is 0 Å². The molecule has 4 aromatic heterocycles. The minimum Gasteiger partial charge on any atom is -0.467 e. The van der Waals surface area contributed by atoms with Crippen molar-refractivity contribution in [1.82, 2.24) is 14.0 Å². The molecule has 0 unspecified atom stereocenters. The summed E-state index contributed by atoms with van der Waals surface area (Å²) in [5, 5.41) is 21.0. The molecule has 5 rings (SSSR count). The number of furan rings is 1. The molecule has 36 heavy (non-hydrogen) atoms. The molecule has 0 N–H and O–H groups in total. The molecule has 0 aliphatic carbocycles. The third-order valence-electron chi connectivity index (χ3n) is 5.65. The lowest BCUT2D eigenvalue weighted by molar-refractivity contribution is -0.384. The molecule has 0 atom stereocenters.